The van der Waals surface area contributed by atoms with Crippen molar-refractivity contribution in [3.63, 3.8) is 0 Å². The average Bonchev–Trinajstić information content (AvgIpc) is 2.67. The van der Waals surface area contributed by atoms with E-state index in [9.17, 15) is 9.59 Å². The van der Waals surface area contributed by atoms with Gasteiger partial charge in [0.15, 0.2) is 5.96 Å². The van der Waals surface area contributed by atoms with Gasteiger partial charge in [-0.05, 0) is 43.2 Å². The minimum atomic E-state index is -0.260. The van der Waals surface area contributed by atoms with Crippen LogP contribution in [0.15, 0.2) is 29.3 Å². The molecule has 2 amide bonds. The van der Waals surface area contributed by atoms with Gasteiger partial charge in [-0.3, -0.25) is 14.6 Å². The number of hydrogen-bond donors (Lipinski definition) is 2. The van der Waals surface area contributed by atoms with Crippen LogP contribution in [0.4, 0.5) is 5.69 Å². The number of aliphatic imine (C=N–C) groups is 1. The smallest absolute Gasteiger partial charge is 0.246 e. The van der Waals surface area contributed by atoms with Gasteiger partial charge in [0.25, 0.3) is 0 Å². The van der Waals surface area contributed by atoms with Gasteiger partial charge in [-0.2, -0.15) is 0 Å². The lowest BCUT2D eigenvalue weighted by molar-refractivity contribution is -0.119. The predicted molar refractivity (Wildman–Crippen MR) is 122 cm³/mol. The molecule has 1 saturated heterocycles. The fourth-order valence-corrected chi connectivity index (χ4v) is 4.08. The highest BCUT2D eigenvalue weighted by molar-refractivity contribution is 14.0. The number of guanidine groups is 1. The largest absolute Gasteiger partial charge is 0.370 e. The van der Waals surface area contributed by atoms with Gasteiger partial charge in [0.1, 0.15) is 0 Å². The van der Waals surface area contributed by atoms with Gasteiger partial charge >= 0.3 is 0 Å². The summed E-state index contributed by atoms with van der Waals surface area (Å²) in [7, 11) is 1.72. The number of likely N-dealkylation sites (tertiary alicyclic amines) is 1. The molecular weight excluding hydrogens is 469 g/mol. The summed E-state index contributed by atoms with van der Waals surface area (Å²) in [5.41, 5.74) is 7.59. The van der Waals surface area contributed by atoms with Gasteiger partial charge in [0, 0.05) is 38.8 Å². The van der Waals surface area contributed by atoms with Crippen molar-refractivity contribution in [2.75, 3.05) is 38.1 Å². The van der Waals surface area contributed by atoms with Crippen molar-refractivity contribution in [3.05, 3.63) is 29.8 Å². The quantitative estimate of drug-likeness (QED) is 0.375. The molecule has 3 N–H and O–H groups in total. The third-order valence-corrected chi connectivity index (χ3v) is 5.33. The number of benzene rings is 1. The number of nitrogens with two attached hydrogens (primary N) is 1. The molecule has 1 unspecified atom stereocenters. The molecule has 1 aromatic carbocycles. The van der Waals surface area contributed by atoms with Crippen molar-refractivity contribution < 1.29 is 9.59 Å². The Kier molecular flexibility index (Phi) is 8.53. The van der Waals surface area contributed by atoms with Crippen LogP contribution in [0.25, 0.3) is 0 Å². The Bertz CT molecular complexity index is 724. The van der Waals surface area contributed by atoms with Crippen molar-refractivity contribution >= 4 is 47.4 Å². The molecule has 7 nitrogen and oxygen atoms in total. The van der Waals surface area contributed by atoms with Crippen LogP contribution in [0, 0.1) is 5.92 Å². The SMILES string of the molecule is CN=C(NCC(=O)N1CCCc2ccccc21)N1CCCC(CC(N)=O)C1.I. The van der Waals surface area contributed by atoms with Gasteiger partial charge in [0.2, 0.25) is 11.8 Å². The van der Waals surface area contributed by atoms with Crippen LogP contribution in [-0.2, 0) is 16.0 Å². The molecule has 3 rings (SSSR count). The number of nitrogens with one attached hydrogen (secondary N) is 1. The molecule has 1 fully saturated rings. The summed E-state index contributed by atoms with van der Waals surface area (Å²) < 4.78 is 0. The van der Waals surface area contributed by atoms with Gasteiger partial charge in [-0.1, -0.05) is 18.2 Å². The zero-order valence-corrected chi connectivity index (χ0v) is 18.7. The van der Waals surface area contributed by atoms with E-state index < -0.39 is 0 Å². The summed E-state index contributed by atoms with van der Waals surface area (Å²) in [5, 5.41) is 3.21. The zero-order chi connectivity index (χ0) is 19.2. The first-order valence-electron chi connectivity index (χ1n) is 9.70. The number of carbonyl (C=O) groups excluding carboxylic acids is 2. The van der Waals surface area contributed by atoms with E-state index in [1.807, 2.05) is 23.1 Å². The predicted octanol–water partition coefficient (Wildman–Crippen LogP) is 1.75. The standard InChI is InChI=1S/C20H29N5O2.HI/c1-22-20(24-10-4-6-15(14-24)12-18(21)26)23-13-19(27)25-11-5-8-16-7-2-3-9-17(16)25;/h2-3,7,9,15H,4-6,8,10-14H2,1H3,(H2,21,26)(H,22,23);1H. The van der Waals surface area contributed by atoms with Crippen LogP contribution in [-0.4, -0.2) is 55.9 Å². The topological polar surface area (TPSA) is 91.0 Å². The maximum atomic E-state index is 12.8. The molecule has 0 saturated carbocycles. The maximum absolute atomic E-state index is 12.8. The van der Waals surface area contributed by atoms with E-state index in [4.69, 9.17) is 5.73 Å². The number of nitrogens with zero attached hydrogens (tertiary/aromatic N) is 3. The highest BCUT2D eigenvalue weighted by atomic mass is 127. The van der Waals surface area contributed by atoms with Crippen molar-refractivity contribution in [3.8, 4) is 0 Å². The van der Waals surface area contributed by atoms with Crippen LogP contribution >= 0.6 is 24.0 Å². The Morgan fingerprint density at radius 1 is 1.25 bits per heavy atom. The third kappa shape index (κ3) is 5.59. The lowest BCUT2D eigenvalue weighted by Gasteiger charge is -2.35. The van der Waals surface area contributed by atoms with Crippen molar-refractivity contribution in [2.45, 2.75) is 32.1 Å². The number of para-hydroxylation sites is 1. The van der Waals surface area contributed by atoms with Gasteiger partial charge in [0.05, 0.1) is 6.54 Å². The molecule has 2 aliphatic rings. The Balaban J connectivity index is 0.00000280. The number of halogens is 1. The number of primary amides is 1. The number of fused-ring (bicyclic) bond motifs is 1. The van der Waals surface area contributed by atoms with Crippen molar-refractivity contribution in [2.24, 2.45) is 16.6 Å². The van der Waals surface area contributed by atoms with E-state index in [2.05, 4.69) is 21.3 Å². The first-order valence-corrected chi connectivity index (χ1v) is 9.70. The molecule has 2 heterocycles. The summed E-state index contributed by atoms with van der Waals surface area (Å²) in [6, 6.07) is 8.10. The number of piperidine rings is 1. The second-order valence-corrected chi connectivity index (χ2v) is 7.30. The summed E-state index contributed by atoms with van der Waals surface area (Å²) in [6.45, 7) is 2.57. The molecular formula is C20H30IN5O2. The van der Waals surface area contributed by atoms with Crippen LogP contribution in [0.5, 0.6) is 0 Å². The second kappa shape index (κ2) is 10.6. The fourth-order valence-electron chi connectivity index (χ4n) is 4.08. The first-order chi connectivity index (χ1) is 13.1. The highest BCUT2D eigenvalue weighted by Gasteiger charge is 2.25. The summed E-state index contributed by atoms with van der Waals surface area (Å²) in [6.07, 6.45) is 4.39. The summed E-state index contributed by atoms with van der Waals surface area (Å²) in [4.78, 5) is 32.3. The zero-order valence-electron chi connectivity index (χ0n) is 16.4. The fraction of sp³-hybridized carbons (Fsp3) is 0.550. The number of anilines is 1. The molecule has 0 radical (unpaired) electrons. The minimum Gasteiger partial charge on any atom is -0.370 e. The number of hydrogen-bond acceptors (Lipinski definition) is 3. The van der Waals surface area contributed by atoms with Crippen molar-refractivity contribution in [1.29, 1.82) is 0 Å². The van der Waals surface area contributed by atoms with Crippen LogP contribution < -0.4 is 16.0 Å². The molecule has 2 aliphatic heterocycles. The Hall–Kier alpha value is -1.84. The lowest BCUT2D eigenvalue weighted by Crippen LogP contribution is -2.50. The van der Waals surface area contributed by atoms with Crippen LogP contribution in [0.2, 0.25) is 0 Å². The Labute approximate surface area is 183 Å². The molecule has 0 aliphatic carbocycles. The highest BCUT2D eigenvalue weighted by Crippen LogP contribution is 2.26. The lowest BCUT2D eigenvalue weighted by atomic mass is 9.95. The van der Waals surface area contributed by atoms with Crippen molar-refractivity contribution in [1.82, 2.24) is 10.2 Å². The van der Waals surface area contributed by atoms with Crippen LogP contribution in [0.1, 0.15) is 31.2 Å². The van der Waals surface area contributed by atoms with Crippen LogP contribution in [0.3, 0.4) is 0 Å². The first kappa shape index (κ1) is 22.4. The normalized spacial score (nSPS) is 19.5. The Morgan fingerprint density at radius 3 is 2.79 bits per heavy atom. The molecule has 8 heteroatoms. The molecule has 28 heavy (non-hydrogen) atoms. The minimum absolute atomic E-state index is 0. The number of aryl methyl sites for hydroxylation is 1. The summed E-state index contributed by atoms with van der Waals surface area (Å²) >= 11 is 0. The molecule has 0 bridgehead atoms. The number of rotatable bonds is 4. The summed E-state index contributed by atoms with van der Waals surface area (Å²) in [5.74, 6) is 0.750. The molecule has 0 aromatic heterocycles. The number of carbonyl (C=O) groups is 2. The third-order valence-electron chi connectivity index (χ3n) is 5.33. The van der Waals surface area contributed by atoms with Gasteiger partial charge in [-0.15, -0.1) is 24.0 Å². The molecule has 154 valence electrons. The monoisotopic (exact) mass is 499 g/mol. The maximum Gasteiger partial charge on any atom is 0.246 e. The average molecular weight is 499 g/mol. The van der Waals surface area contributed by atoms with E-state index in [-0.39, 0.29) is 48.3 Å². The van der Waals surface area contributed by atoms with Gasteiger partial charge < -0.3 is 20.9 Å². The Morgan fingerprint density at radius 2 is 2.04 bits per heavy atom. The second-order valence-electron chi connectivity index (χ2n) is 7.30. The van der Waals surface area contributed by atoms with E-state index in [1.165, 1.54) is 5.56 Å². The van der Waals surface area contributed by atoms with E-state index in [1.54, 1.807) is 7.05 Å². The molecule has 1 atom stereocenters. The number of amides is 2. The molecule has 0 spiro atoms. The molecule has 1 aromatic rings. The van der Waals surface area contributed by atoms with Gasteiger partial charge in [-0.25, -0.2) is 0 Å². The van der Waals surface area contributed by atoms with E-state index >= 15 is 0 Å². The van der Waals surface area contributed by atoms with E-state index in [0.717, 1.165) is 51.0 Å². The van der Waals surface area contributed by atoms with E-state index in [0.29, 0.717) is 12.4 Å².